The molecule has 3 atom stereocenters. The monoisotopic (exact) mass is 180 g/mol. The van der Waals surface area contributed by atoms with Gasteiger partial charge in [-0.1, -0.05) is 26.0 Å². The lowest BCUT2D eigenvalue weighted by Gasteiger charge is -2.60. The van der Waals surface area contributed by atoms with Crippen molar-refractivity contribution in [3.05, 3.63) is 12.2 Å². The van der Waals surface area contributed by atoms with E-state index >= 15 is 0 Å². The summed E-state index contributed by atoms with van der Waals surface area (Å²) < 4.78 is 0. The maximum Gasteiger partial charge on any atom is 0.0436 e. The molecule has 0 aliphatic heterocycles. The lowest BCUT2D eigenvalue weighted by Crippen LogP contribution is -2.51. The molecule has 13 heavy (non-hydrogen) atoms. The lowest BCUT2D eigenvalue weighted by molar-refractivity contribution is -0.0498. The summed E-state index contributed by atoms with van der Waals surface area (Å²) in [6, 6.07) is 0. The number of fused-ring (bicyclic) bond motifs is 2. The molecule has 0 saturated heterocycles. The molecule has 3 fully saturated rings. The second kappa shape index (κ2) is 2.84. The van der Waals surface area contributed by atoms with Crippen molar-refractivity contribution in [2.24, 2.45) is 23.2 Å². The van der Waals surface area contributed by atoms with E-state index in [-0.39, 0.29) is 0 Å². The zero-order chi connectivity index (χ0) is 9.64. The number of hydrogen-bond donors (Lipinski definition) is 1. The van der Waals surface area contributed by atoms with E-state index < -0.39 is 0 Å². The first kappa shape index (κ1) is 9.26. The van der Waals surface area contributed by atoms with Gasteiger partial charge in [-0.15, -0.1) is 0 Å². The number of aliphatic hydroxyl groups excluding tert-OH is 1. The highest BCUT2D eigenvalue weighted by molar-refractivity contribution is 5.22. The van der Waals surface area contributed by atoms with E-state index in [0.29, 0.717) is 17.9 Å². The summed E-state index contributed by atoms with van der Waals surface area (Å²) in [5.74, 6) is 2.24. The summed E-state index contributed by atoms with van der Waals surface area (Å²) in [6.07, 6.45) is 3.55. The molecule has 1 nitrogen and oxygen atoms in total. The summed E-state index contributed by atoms with van der Waals surface area (Å²) in [5.41, 5.74) is 1.92. The van der Waals surface area contributed by atoms with Crippen LogP contribution in [0.15, 0.2) is 12.2 Å². The third-order valence-corrected chi connectivity index (χ3v) is 4.49. The van der Waals surface area contributed by atoms with Gasteiger partial charge in [0.25, 0.3) is 0 Å². The van der Waals surface area contributed by atoms with E-state index in [0.717, 1.165) is 18.3 Å². The first-order chi connectivity index (χ1) is 6.07. The SMILES string of the molecule is C=C1C(CCO)CC2CC1C2(C)C. The number of aliphatic hydroxyl groups is 1. The van der Waals surface area contributed by atoms with E-state index in [2.05, 4.69) is 20.4 Å². The van der Waals surface area contributed by atoms with Crippen molar-refractivity contribution >= 4 is 0 Å². The Morgan fingerprint density at radius 1 is 1.46 bits per heavy atom. The third-order valence-electron chi connectivity index (χ3n) is 4.49. The highest BCUT2D eigenvalue weighted by atomic mass is 16.3. The van der Waals surface area contributed by atoms with Crippen LogP contribution in [0.5, 0.6) is 0 Å². The van der Waals surface area contributed by atoms with Crippen LogP contribution in [0.2, 0.25) is 0 Å². The van der Waals surface area contributed by atoms with E-state index in [9.17, 15) is 0 Å². The molecule has 3 aliphatic carbocycles. The van der Waals surface area contributed by atoms with Gasteiger partial charge in [0.1, 0.15) is 0 Å². The van der Waals surface area contributed by atoms with Crippen LogP contribution < -0.4 is 0 Å². The Hall–Kier alpha value is -0.300. The number of rotatable bonds is 2. The number of allylic oxidation sites excluding steroid dienone is 1. The third kappa shape index (κ3) is 1.17. The molecule has 0 spiro atoms. The molecule has 0 aromatic heterocycles. The van der Waals surface area contributed by atoms with Gasteiger partial charge >= 0.3 is 0 Å². The molecule has 0 amide bonds. The molecule has 1 heteroatoms. The average molecular weight is 180 g/mol. The van der Waals surface area contributed by atoms with Crippen molar-refractivity contribution in [1.29, 1.82) is 0 Å². The fraction of sp³-hybridized carbons (Fsp3) is 0.833. The van der Waals surface area contributed by atoms with Crippen molar-refractivity contribution in [3.63, 3.8) is 0 Å². The molecule has 1 N–H and O–H groups in total. The second-order valence-electron chi connectivity index (χ2n) is 5.33. The molecular formula is C12H20O. The van der Waals surface area contributed by atoms with Crippen LogP contribution >= 0.6 is 0 Å². The molecule has 2 bridgehead atoms. The zero-order valence-corrected chi connectivity index (χ0v) is 8.71. The van der Waals surface area contributed by atoms with E-state index in [1.54, 1.807) is 0 Å². The van der Waals surface area contributed by atoms with Crippen LogP contribution in [0.3, 0.4) is 0 Å². The van der Waals surface area contributed by atoms with Gasteiger partial charge < -0.3 is 5.11 Å². The normalized spacial score (nSPS) is 41.5. The van der Waals surface area contributed by atoms with Gasteiger partial charge in [-0.2, -0.15) is 0 Å². The second-order valence-corrected chi connectivity index (χ2v) is 5.33. The van der Waals surface area contributed by atoms with Crippen molar-refractivity contribution in [1.82, 2.24) is 0 Å². The Morgan fingerprint density at radius 3 is 2.62 bits per heavy atom. The van der Waals surface area contributed by atoms with Crippen molar-refractivity contribution in [3.8, 4) is 0 Å². The van der Waals surface area contributed by atoms with Gasteiger partial charge in [0.05, 0.1) is 0 Å². The minimum absolute atomic E-state index is 0.323. The predicted molar refractivity (Wildman–Crippen MR) is 54.3 cm³/mol. The van der Waals surface area contributed by atoms with Crippen molar-refractivity contribution in [2.75, 3.05) is 6.61 Å². The Bertz CT molecular complexity index is 229. The van der Waals surface area contributed by atoms with Crippen molar-refractivity contribution in [2.45, 2.75) is 33.1 Å². The zero-order valence-electron chi connectivity index (χ0n) is 8.71. The Balaban J connectivity index is 2.08. The molecule has 74 valence electrons. The lowest BCUT2D eigenvalue weighted by atomic mass is 9.45. The minimum atomic E-state index is 0.323. The Kier molecular flexibility index (Phi) is 2.03. The summed E-state index contributed by atoms with van der Waals surface area (Å²) in [4.78, 5) is 0. The average Bonchev–Trinajstić information content (AvgIpc) is 2.08. The van der Waals surface area contributed by atoms with Gasteiger partial charge in [0, 0.05) is 6.61 Å². The molecule has 3 saturated carbocycles. The van der Waals surface area contributed by atoms with Gasteiger partial charge in [0.2, 0.25) is 0 Å². The predicted octanol–water partition coefficient (Wildman–Crippen LogP) is 2.61. The standard InChI is InChI=1S/C12H20O/c1-8-9(4-5-13)6-10-7-11(8)12(10,2)3/h9-11,13H,1,4-7H2,2-3H3. The molecule has 3 rings (SSSR count). The summed E-state index contributed by atoms with van der Waals surface area (Å²) in [6.45, 7) is 9.28. The molecule has 0 aromatic carbocycles. The maximum atomic E-state index is 8.93. The topological polar surface area (TPSA) is 20.2 Å². The van der Waals surface area contributed by atoms with Crippen LogP contribution in [-0.4, -0.2) is 11.7 Å². The fourth-order valence-corrected chi connectivity index (χ4v) is 3.28. The molecule has 0 aromatic rings. The van der Waals surface area contributed by atoms with Crippen LogP contribution in [0.25, 0.3) is 0 Å². The minimum Gasteiger partial charge on any atom is -0.396 e. The van der Waals surface area contributed by atoms with E-state index in [1.807, 2.05) is 0 Å². The van der Waals surface area contributed by atoms with Gasteiger partial charge in [-0.3, -0.25) is 0 Å². The fourth-order valence-electron chi connectivity index (χ4n) is 3.28. The first-order valence-corrected chi connectivity index (χ1v) is 5.37. The van der Waals surface area contributed by atoms with Crippen LogP contribution in [-0.2, 0) is 0 Å². The Morgan fingerprint density at radius 2 is 2.15 bits per heavy atom. The Labute approximate surface area is 80.8 Å². The molecular weight excluding hydrogens is 160 g/mol. The van der Waals surface area contributed by atoms with Crippen molar-refractivity contribution < 1.29 is 5.11 Å². The molecule has 0 heterocycles. The molecule has 3 unspecified atom stereocenters. The highest BCUT2D eigenvalue weighted by Crippen LogP contribution is 2.62. The van der Waals surface area contributed by atoms with Gasteiger partial charge in [-0.25, -0.2) is 0 Å². The van der Waals surface area contributed by atoms with Crippen LogP contribution in [0.4, 0.5) is 0 Å². The number of hydrogen-bond acceptors (Lipinski definition) is 1. The molecule has 0 radical (unpaired) electrons. The van der Waals surface area contributed by atoms with Gasteiger partial charge in [0.15, 0.2) is 0 Å². The van der Waals surface area contributed by atoms with Crippen LogP contribution in [0.1, 0.15) is 33.1 Å². The summed E-state index contributed by atoms with van der Waals surface area (Å²) in [5, 5.41) is 8.93. The van der Waals surface area contributed by atoms with E-state index in [4.69, 9.17) is 5.11 Å². The quantitative estimate of drug-likeness (QED) is 0.648. The van der Waals surface area contributed by atoms with Gasteiger partial charge in [-0.05, 0) is 42.4 Å². The molecule has 3 aliphatic rings. The smallest absolute Gasteiger partial charge is 0.0436 e. The summed E-state index contributed by atoms with van der Waals surface area (Å²) in [7, 11) is 0. The highest BCUT2D eigenvalue weighted by Gasteiger charge is 2.54. The van der Waals surface area contributed by atoms with E-state index in [1.165, 1.54) is 18.4 Å². The van der Waals surface area contributed by atoms with Crippen LogP contribution in [0, 0.1) is 23.2 Å². The largest absolute Gasteiger partial charge is 0.396 e. The maximum absolute atomic E-state index is 8.93. The summed E-state index contributed by atoms with van der Waals surface area (Å²) >= 11 is 0. The first-order valence-electron chi connectivity index (χ1n) is 5.37.